The van der Waals surface area contributed by atoms with E-state index in [4.69, 9.17) is 4.74 Å². The highest BCUT2D eigenvalue weighted by molar-refractivity contribution is 5.93. The Morgan fingerprint density at radius 2 is 1.77 bits per heavy atom. The molecule has 0 fully saturated rings. The lowest BCUT2D eigenvalue weighted by Crippen LogP contribution is -2.41. The largest absolute Gasteiger partial charge is 0.462 e. The van der Waals surface area contributed by atoms with Gasteiger partial charge in [0.1, 0.15) is 0 Å². The van der Waals surface area contributed by atoms with E-state index in [0.717, 1.165) is 6.42 Å². The van der Waals surface area contributed by atoms with E-state index in [1.807, 2.05) is 26.8 Å². The van der Waals surface area contributed by atoms with Crippen LogP contribution in [0.2, 0.25) is 0 Å². The number of carbonyl (C=O) groups is 2. The lowest BCUT2D eigenvalue weighted by atomic mass is 10.1. The molecule has 22 heavy (non-hydrogen) atoms. The molecular weight excluding hydrogens is 278 g/mol. The maximum atomic E-state index is 11.8. The summed E-state index contributed by atoms with van der Waals surface area (Å²) in [5, 5.41) is 2.88. The van der Waals surface area contributed by atoms with Gasteiger partial charge in [0.2, 0.25) is 5.91 Å². The molecule has 1 N–H and O–H groups in total. The molecular formula is C18H25NO3. The number of nitrogens with one attached hydrogen (secondary N) is 1. The van der Waals surface area contributed by atoms with Crippen LogP contribution in [0.1, 0.15) is 50.4 Å². The van der Waals surface area contributed by atoms with Gasteiger partial charge in [-0.25, -0.2) is 4.79 Å². The number of benzene rings is 1. The summed E-state index contributed by atoms with van der Waals surface area (Å²) in [4.78, 5) is 23.5. The van der Waals surface area contributed by atoms with E-state index in [0.29, 0.717) is 30.6 Å². The van der Waals surface area contributed by atoms with Gasteiger partial charge in [-0.2, -0.15) is 0 Å². The van der Waals surface area contributed by atoms with Gasteiger partial charge in [0.15, 0.2) is 0 Å². The highest BCUT2D eigenvalue weighted by Gasteiger charge is 2.15. The van der Waals surface area contributed by atoms with Crippen molar-refractivity contribution in [2.24, 2.45) is 0 Å². The summed E-state index contributed by atoms with van der Waals surface area (Å²) in [6, 6.07) is 8.90. The van der Waals surface area contributed by atoms with E-state index in [1.54, 1.807) is 24.3 Å². The Hall–Kier alpha value is -2.10. The summed E-state index contributed by atoms with van der Waals surface area (Å²) in [5.74, 6) is -0.432. The van der Waals surface area contributed by atoms with Gasteiger partial charge in [-0.1, -0.05) is 24.8 Å². The van der Waals surface area contributed by atoms with Crippen LogP contribution < -0.4 is 5.32 Å². The van der Waals surface area contributed by atoms with Crippen LogP contribution in [0, 0.1) is 0 Å². The van der Waals surface area contributed by atoms with Crippen molar-refractivity contribution in [3.05, 3.63) is 48.0 Å². The maximum Gasteiger partial charge on any atom is 0.338 e. The standard InChI is InChI=1S/C18H25NO3/c1-14(16(20)19-18(2,3)4)10-8-9-13-22-17(21)15-11-6-5-7-12-15/h5-7,11-12H,1,8-10,13H2,2-4H3,(H,19,20). The molecule has 1 amide bonds. The molecule has 0 atom stereocenters. The average molecular weight is 303 g/mol. The van der Waals surface area contributed by atoms with Gasteiger partial charge in [-0.05, 0) is 52.2 Å². The van der Waals surface area contributed by atoms with Gasteiger partial charge >= 0.3 is 5.97 Å². The predicted octanol–water partition coefficient (Wildman–Crippen LogP) is 3.48. The summed E-state index contributed by atoms with van der Waals surface area (Å²) in [5.41, 5.74) is 0.853. The van der Waals surface area contributed by atoms with Crippen LogP contribution in [0.4, 0.5) is 0 Å². The predicted molar refractivity (Wildman–Crippen MR) is 87.6 cm³/mol. The van der Waals surface area contributed by atoms with E-state index < -0.39 is 0 Å². The number of hydrogen-bond acceptors (Lipinski definition) is 3. The third-order valence-corrected chi connectivity index (χ3v) is 2.93. The second kappa shape index (κ2) is 8.37. The van der Waals surface area contributed by atoms with Crippen molar-refractivity contribution in [3.63, 3.8) is 0 Å². The second-order valence-electron chi connectivity index (χ2n) is 6.27. The third kappa shape index (κ3) is 7.07. The maximum absolute atomic E-state index is 11.8. The quantitative estimate of drug-likeness (QED) is 0.476. The number of unbranched alkanes of at least 4 members (excludes halogenated alkanes) is 1. The minimum absolute atomic E-state index is 0.117. The zero-order valence-electron chi connectivity index (χ0n) is 13.6. The van der Waals surface area contributed by atoms with E-state index >= 15 is 0 Å². The number of hydrogen-bond donors (Lipinski definition) is 1. The van der Waals surface area contributed by atoms with Gasteiger partial charge in [-0.15, -0.1) is 0 Å². The molecule has 0 spiro atoms. The van der Waals surface area contributed by atoms with Crippen LogP contribution in [-0.4, -0.2) is 24.0 Å². The Balaban J connectivity index is 2.19. The number of esters is 1. The Morgan fingerprint density at radius 3 is 2.36 bits per heavy atom. The highest BCUT2D eigenvalue weighted by Crippen LogP contribution is 2.09. The van der Waals surface area contributed by atoms with Crippen molar-refractivity contribution >= 4 is 11.9 Å². The second-order valence-corrected chi connectivity index (χ2v) is 6.27. The number of ether oxygens (including phenoxy) is 1. The van der Waals surface area contributed by atoms with Crippen molar-refractivity contribution in [2.75, 3.05) is 6.61 Å². The molecule has 0 heterocycles. The fourth-order valence-electron chi connectivity index (χ4n) is 1.81. The van der Waals surface area contributed by atoms with E-state index in [1.165, 1.54) is 0 Å². The molecule has 0 aliphatic rings. The van der Waals surface area contributed by atoms with E-state index in [-0.39, 0.29) is 17.4 Å². The van der Waals surface area contributed by atoms with Gasteiger partial charge in [-0.3, -0.25) is 4.79 Å². The van der Waals surface area contributed by atoms with Crippen LogP contribution in [-0.2, 0) is 9.53 Å². The number of rotatable bonds is 7. The molecule has 0 saturated carbocycles. The molecule has 1 aromatic rings. The molecule has 4 heteroatoms. The summed E-state index contributed by atoms with van der Waals surface area (Å²) >= 11 is 0. The van der Waals surface area contributed by atoms with Crippen molar-refractivity contribution < 1.29 is 14.3 Å². The molecule has 0 aromatic heterocycles. The molecule has 1 aromatic carbocycles. The molecule has 0 aliphatic carbocycles. The Morgan fingerprint density at radius 1 is 1.14 bits per heavy atom. The SMILES string of the molecule is C=C(CCCCOC(=O)c1ccccc1)C(=O)NC(C)(C)C. The average Bonchev–Trinajstić information content (AvgIpc) is 2.45. The van der Waals surface area contributed by atoms with Gasteiger partial charge < -0.3 is 10.1 Å². The van der Waals surface area contributed by atoms with Crippen molar-refractivity contribution in [1.82, 2.24) is 5.32 Å². The Labute approximate surface area is 132 Å². The molecule has 0 unspecified atom stereocenters. The minimum Gasteiger partial charge on any atom is -0.462 e. The lowest BCUT2D eigenvalue weighted by molar-refractivity contribution is -0.119. The van der Waals surface area contributed by atoms with Gasteiger partial charge in [0, 0.05) is 11.1 Å². The van der Waals surface area contributed by atoms with Gasteiger partial charge in [0.25, 0.3) is 0 Å². The van der Waals surface area contributed by atoms with Crippen LogP contribution in [0.3, 0.4) is 0 Å². The first-order chi connectivity index (χ1) is 10.3. The molecule has 4 nitrogen and oxygen atoms in total. The fraction of sp³-hybridized carbons (Fsp3) is 0.444. The van der Waals surface area contributed by atoms with E-state index in [9.17, 15) is 9.59 Å². The first-order valence-corrected chi connectivity index (χ1v) is 7.52. The number of amides is 1. The van der Waals surface area contributed by atoms with Crippen molar-refractivity contribution in [3.8, 4) is 0 Å². The molecule has 120 valence electrons. The third-order valence-electron chi connectivity index (χ3n) is 2.93. The van der Waals surface area contributed by atoms with Gasteiger partial charge in [0.05, 0.1) is 12.2 Å². The van der Waals surface area contributed by atoms with E-state index in [2.05, 4.69) is 11.9 Å². The van der Waals surface area contributed by atoms with Crippen LogP contribution in [0.25, 0.3) is 0 Å². The summed E-state index contributed by atoms with van der Waals surface area (Å²) in [7, 11) is 0. The number of carbonyl (C=O) groups excluding carboxylic acids is 2. The molecule has 0 radical (unpaired) electrons. The topological polar surface area (TPSA) is 55.4 Å². The molecule has 0 bridgehead atoms. The summed E-state index contributed by atoms with van der Waals surface area (Å²) in [6.07, 6.45) is 2.07. The zero-order valence-corrected chi connectivity index (χ0v) is 13.6. The monoisotopic (exact) mass is 303 g/mol. The first kappa shape index (κ1) is 18.0. The molecule has 1 rings (SSSR count). The summed E-state index contributed by atoms with van der Waals surface area (Å²) < 4.78 is 5.18. The lowest BCUT2D eigenvalue weighted by Gasteiger charge is -2.21. The zero-order chi connectivity index (χ0) is 16.6. The highest BCUT2D eigenvalue weighted by atomic mass is 16.5. The van der Waals surface area contributed by atoms with Crippen LogP contribution >= 0.6 is 0 Å². The fourth-order valence-corrected chi connectivity index (χ4v) is 1.81. The first-order valence-electron chi connectivity index (χ1n) is 7.52. The normalized spacial score (nSPS) is 10.9. The molecule has 0 aliphatic heterocycles. The summed E-state index contributed by atoms with van der Waals surface area (Å²) in [6.45, 7) is 9.94. The van der Waals surface area contributed by atoms with Crippen molar-refractivity contribution in [1.29, 1.82) is 0 Å². The molecule has 0 saturated heterocycles. The van der Waals surface area contributed by atoms with Crippen molar-refractivity contribution in [2.45, 2.75) is 45.6 Å². The smallest absolute Gasteiger partial charge is 0.338 e. The minimum atomic E-state index is -0.315. The van der Waals surface area contributed by atoms with Crippen LogP contribution in [0.15, 0.2) is 42.5 Å². The van der Waals surface area contributed by atoms with Crippen LogP contribution in [0.5, 0.6) is 0 Å². The Kier molecular flexibility index (Phi) is 6.83. The Bertz CT molecular complexity index is 515.